The zero-order valence-corrected chi connectivity index (χ0v) is 21.5. The first-order valence-corrected chi connectivity index (χ1v) is 12.3. The maximum absolute atomic E-state index is 11.9. The molecule has 1 aliphatic carbocycles. The van der Waals surface area contributed by atoms with Gasteiger partial charge in [-0.05, 0) is 84.6 Å². The molecular weight excluding hydrogens is 434 g/mol. The normalized spacial score (nSPS) is 20.6. The molecular formula is C25H41N5O4. The van der Waals surface area contributed by atoms with Crippen LogP contribution in [0.15, 0.2) is 12.5 Å². The average Bonchev–Trinajstić information content (AvgIpc) is 3.34. The third-order valence-corrected chi connectivity index (χ3v) is 6.19. The van der Waals surface area contributed by atoms with Gasteiger partial charge in [-0.15, -0.1) is 0 Å². The molecule has 1 fully saturated rings. The largest absolute Gasteiger partial charge is 0.444 e. The second kappa shape index (κ2) is 10.9. The fraction of sp³-hybridized carbons (Fsp3) is 0.720. The number of carbonyl (C=O) groups excluding carboxylic acids is 1. The average molecular weight is 476 g/mol. The fourth-order valence-electron chi connectivity index (χ4n) is 4.44. The number of nitrogens with zero attached hydrogens (tertiary/aromatic N) is 3. The van der Waals surface area contributed by atoms with Crippen molar-refractivity contribution in [2.75, 3.05) is 25.5 Å². The molecule has 2 aromatic rings. The van der Waals surface area contributed by atoms with Crippen LogP contribution in [0.3, 0.4) is 0 Å². The second-order valence-corrected chi connectivity index (χ2v) is 10.7. The monoisotopic (exact) mass is 475 g/mol. The van der Waals surface area contributed by atoms with Crippen LogP contribution in [0.4, 0.5) is 10.6 Å². The number of hydrogen-bond donors (Lipinski definition) is 3. The summed E-state index contributed by atoms with van der Waals surface area (Å²) >= 11 is 0. The maximum atomic E-state index is 11.9. The number of rotatable bonds is 4. The van der Waals surface area contributed by atoms with E-state index in [9.17, 15) is 4.79 Å². The first-order chi connectivity index (χ1) is 16.0. The van der Waals surface area contributed by atoms with Gasteiger partial charge in [0.25, 0.3) is 0 Å². The summed E-state index contributed by atoms with van der Waals surface area (Å²) in [7, 11) is 1.46. The molecule has 1 aliphatic heterocycles. The number of hydrogen-bond acceptors (Lipinski definition) is 7. The van der Waals surface area contributed by atoms with Gasteiger partial charge in [-0.3, -0.25) is 0 Å². The Bertz CT molecular complexity index is 961. The summed E-state index contributed by atoms with van der Waals surface area (Å²) in [6.45, 7) is 10.4. The lowest BCUT2D eigenvalue weighted by molar-refractivity contribution is -0.155. The van der Waals surface area contributed by atoms with Gasteiger partial charge in [0.1, 0.15) is 23.4 Å². The summed E-state index contributed by atoms with van der Waals surface area (Å²) in [6, 6.07) is 0.421. The number of carbonyl (C=O) groups is 1. The minimum atomic E-state index is -0.958. The highest BCUT2D eigenvalue weighted by Crippen LogP contribution is 2.38. The van der Waals surface area contributed by atoms with E-state index in [0.29, 0.717) is 18.5 Å². The predicted molar refractivity (Wildman–Crippen MR) is 133 cm³/mol. The molecule has 0 aromatic carbocycles. The number of amides is 1. The maximum Gasteiger partial charge on any atom is 0.407 e. The number of aromatic nitrogens is 3. The molecule has 9 heteroatoms. The Hall–Kier alpha value is -2.39. The summed E-state index contributed by atoms with van der Waals surface area (Å²) in [5.74, 6) is 0.480. The van der Waals surface area contributed by atoms with Crippen LogP contribution in [-0.4, -0.2) is 57.3 Å². The fourth-order valence-corrected chi connectivity index (χ4v) is 4.44. The van der Waals surface area contributed by atoms with E-state index in [2.05, 4.69) is 36.1 Å². The molecule has 1 saturated carbocycles. The van der Waals surface area contributed by atoms with Crippen LogP contribution < -0.4 is 10.6 Å². The quantitative estimate of drug-likeness (QED) is 0.562. The van der Waals surface area contributed by atoms with Crippen LogP contribution in [0, 0.1) is 5.92 Å². The number of aryl methyl sites for hydroxylation is 1. The first-order valence-electron chi connectivity index (χ1n) is 12.3. The van der Waals surface area contributed by atoms with E-state index in [1.54, 1.807) is 20.2 Å². The molecule has 1 amide bonds. The summed E-state index contributed by atoms with van der Waals surface area (Å²) in [5, 5.41) is 16.2. The van der Waals surface area contributed by atoms with Crippen LogP contribution in [0.1, 0.15) is 78.3 Å². The topological polar surface area (TPSA) is 111 Å². The molecule has 0 unspecified atom stereocenters. The lowest BCUT2D eigenvalue weighted by atomic mass is 10.1. The molecule has 3 N–H and O–H groups in total. The van der Waals surface area contributed by atoms with E-state index in [4.69, 9.17) is 9.84 Å². The molecule has 4 rings (SSSR count). The molecule has 0 spiro atoms. The van der Waals surface area contributed by atoms with Gasteiger partial charge >= 0.3 is 6.09 Å². The van der Waals surface area contributed by atoms with Gasteiger partial charge < -0.3 is 29.8 Å². The van der Waals surface area contributed by atoms with Gasteiger partial charge in [0.2, 0.25) is 0 Å². The Kier molecular flexibility index (Phi) is 8.41. The molecule has 2 atom stereocenters. The summed E-state index contributed by atoms with van der Waals surface area (Å²) < 4.78 is 12.2. The zero-order valence-electron chi connectivity index (χ0n) is 21.5. The van der Waals surface area contributed by atoms with Crippen molar-refractivity contribution in [1.29, 1.82) is 0 Å². The second-order valence-electron chi connectivity index (χ2n) is 10.7. The minimum Gasteiger partial charge on any atom is -0.444 e. The number of aliphatic hydroxyl groups is 1. The van der Waals surface area contributed by atoms with Crippen LogP contribution in [0.25, 0.3) is 11.0 Å². The summed E-state index contributed by atoms with van der Waals surface area (Å²) in [5.41, 5.74) is 1.94. The molecule has 0 saturated heterocycles. The van der Waals surface area contributed by atoms with Gasteiger partial charge in [0.15, 0.2) is 5.79 Å². The van der Waals surface area contributed by atoms with E-state index in [0.717, 1.165) is 50.1 Å². The highest BCUT2D eigenvalue weighted by atomic mass is 16.6. The molecule has 9 nitrogen and oxygen atoms in total. The van der Waals surface area contributed by atoms with Crippen molar-refractivity contribution in [3.05, 3.63) is 18.1 Å². The van der Waals surface area contributed by atoms with Crippen LogP contribution in [0.5, 0.6) is 0 Å². The lowest BCUT2D eigenvalue weighted by Gasteiger charge is -2.20. The number of alkyl carbamates (subject to hydrolysis) is 1. The summed E-state index contributed by atoms with van der Waals surface area (Å²) in [4.78, 5) is 21.0. The van der Waals surface area contributed by atoms with E-state index in [1.165, 1.54) is 24.5 Å². The summed E-state index contributed by atoms with van der Waals surface area (Å²) in [6.07, 6.45) is 10.3. The van der Waals surface area contributed by atoms with Crippen molar-refractivity contribution in [3.63, 3.8) is 0 Å². The van der Waals surface area contributed by atoms with E-state index < -0.39 is 11.4 Å². The third kappa shape index (κ3) is 7.30. The Morgan fingerprint density at radius 1 is 1.24 bits per heavy atom. The highest BCUT2D eigenvalue weighted by Gasteiger charge is 2.29. The lowest BCUT2D eigenvalue weighted by Crippen LogP contribution is -2.34. The molecule has 190 valence electrons. The van der Waals surface area contributed by atoms with Crippen LogP contribution in [-0.2, 0) is 15.9 Å². The van der Waals surface area contributed by atoms with Gasteiger partial charge in [0, 0.05) is 32.4 Å². The molecule has 0 bridgehead atoms. The van der Waals surface area contributed by atoms with Gasteiger partial charge in [-0.25, -0.2) is 14.8 Å². The predicted octanol–water partition coefficient (Wildman–Crippen LogP) is 4.41. The minimum absolute atomic E-state index is 0.327. The molecule has 2 aromatic heterocycles. The van der Waals surface area contributed by atoms with E-state index in [1.807, 2.05) is 20.8 Å². The standard InChI is InChI=1S/C21H31N5O2.C4H10O2/c1-21(2,3)28-20(27)23-11-14-7-8-16(10-14)26-12-15-6-4-5-9-22-18-17(15)19(26)25-13-24-18;1-4(2,5)6-3/h12-14,16H,4-11H2,1-3H3,(H,23,27)(H,22,24,25);5H,1-3H3/t14-,16+;/m1./s1. The highest BCUT2D eigenvalue weighted by molar-refractivity contribution is 5.91. The van der Waals surface area contributed by atoms with E-state index >= 15 is 0 Å². The van der Waals surface area contributed by atoms with Crippen molar-refractivity contribution in [2.45, 2.75) is 90.6 Å². The Balaban J connectivity index is 0.000000481. The van der Waals surface area contributed by atoms with Crippen molar-refractivity contribution < 1.29 is 19.4 Å². The molecule has 34 heavy (non-hydrogen) atoms. The molecule has 0 radical (unpaired) electrons. The number of ether oxygens (including phenoxy) is 2. The van der Waals surface area contributed by atoms with E-state index in [-0.39, 0.29) is 6.09 Å². The number of methoxy groups -OCH3 is 1. The van der Waals surface area contributed by atoms with Crippen LogP contribution >= 0.6 is 0 Å². The Labute approximate surface area is 202 Å². The smallest absolute Gasteiger partial charge is 0.407 e. The number of anilines is 1. The zero-order chi connectivity index (χ0) is 24.9. The molecule has 2 aliphatic rings. The van der Waals surface area contributed by atoms with Crippen molar-refractivity contribution in [2.24, 2.45) is 5.92 Å². The van der Waals surface area contributed by atoms with Crippen LogP contribution in [0.2, 0.25) is 0 Å². The molecule has 3 heterocycles. The van der Waals surface area contributed by atoms with Gasteiger partial charge in [0.05, 0.1) is 5.39 Å². The van der Waals surface area contributed by atoms with Crippen molar-refractivity contribution in [3.8, 4) is 0 Å². The third-order valence-electron chi connectivity index (χ3n) is 6.19. The number of nitrogens with one attached hydrogen (secondary N) is 2. The first kappa shape index (κ1) is 26.2. The Morgan fingerprint density at radius 3 is 2.65 bits per heavy atom. The van der Waals surface area contributed by atoms with Gasteiger partial charge in [-0.1, -0.05) is 0 Å². The SMILES string of the molecule is CC(C)(C)OC(=O)NC[C@@H]1CC[C@H](n2cc3c4c(ncnc42)NCCCC3)C1.COC(C)(C)O. The van der Waals surface area contributed by atoms with Crippen molar-refractivity contribution in [1.82, 2.24) is 19.9 Å². The Morgan fingerprint density at radius 2 is 1.97 bits per heavy atom. The van der Waals surface area contributed by atoms with Crippen molar-refractivity contribution >= 4 is 22.9 Å². The van der Waals surface area contributed by atoms with Gasteiger partial charge in [-0.2, -0.15) is 0 Å².